The van der Waals surface area contributed by atoms with Gasteiger partial charge in [0.1, 0.15) is 5.75 Å². The molecule has 1 atom stereocenters. The van der Waals surface area contributed by atoms with E-state index in [1.807, 2.05) is 11.8 Å². The third kappa shape index (κ3) is 3.37. The molecule has 0 amide bonds. The third-order valence-corrected chi connectivity index (χ3v) is 3.74. The van der Waals surface area contributed by atoms with Crippen molar-refractivity contribution in [1.29, 1.82) is 0 Å². The molecule has 1 aromatic rings. The molecule has 0 aliphatic rings. The topological polar surface area (TPSA) is 47.3 Å². The van der Waals surface area contributed by atoms with Crippen LogP contribution < -0.4 is 16.0 Å². The van der Waals surface area contributed by atoms with Gasteiger partial charge in [-0.05, 0) is 43.4 Å². The fraction of sp³-hybridized carbons (Fsp3) is 0.538. The van der Waals surface area contributed by atoms with Crippen LogP contribution >= 0.6 is 11.8 Å². The van der Waals surface area contributed by atoms with Gasteiger partial charge in [-0.15, -0.1) is 0 Å². The minimum Gasteiger partial charge on any atom is -0.496 e. The highest BCUT2D eigenvalue weighted by Crippen LogP contribution is 2.32. The van der Waals surface area contributed by atoms with E-state index in [1.54, 1.807) is 7.11 Å². The van der Waals surface area contributed by atoms with Crippen LogP contribution in [-0.4, -0.2) is 19.1 Å². The van der Waals surface area contributed by atoms with Crippen LogP contribution in [0.25, 0.3) is 0 Å². The quantitative estimate of drug-likeness (QED) is 0.605. The zero-order valence-electron chi connectivity index (χ0n) is 11.0. The Morgan fingerprint density at radius 1 is 1.41 bits per heavy atom. The van der Waals surface area contributed by atoms with E-state index in [9.17, 15) is 0 Å². The zero-order valence-corrected chi connectivity index (χ0v) is 11.9. The average Bonchev–Trinajstić information content (AvgIpc) is 2.34. The van der Waals surface area contributed by atoms with Crippen molar-refractivity contribution in [1.82, 2.24) is 5.43 Å². The summed E-state index contributed by atoms with van der Waals surface area (Å²) in [6.45, 7) is 4.17. The van der Waals surface area contributed by atoms with Gasteiger partial charge in [-0.1, -0.05) is 12.1 Å². The molecule has 0 aromatic heterocycles. The van der Waals surface area contributed by atoms with E-state index in [4.69, 9.17) is 10.6 Å². The van der Waals surface area contributed by atoms with Gasteiger partial charge in [-0.25, -0.2) is 0 Å². The summed E-state index contributed by atoms with van der Waals surface area (Å²) in [5.74, 6) is 7.67. The average molecular weight is 254 g/mol. The van der Waals surface area contributed by atoms with E-state index in [0.717, 1.165) is 23.5 Å². The minimum atomic E-state index is 0.150. The normalized spacial score (nSPS) is 12.5. The molecule has 0 fully saturated rings. The molecule has 0 saturated carbocycles. The van der Waals surface area contributed by atoms with Crippen molar-refractivity contribution in [3.05, 3.63) is 28.8 Å². The van der Waals surface area contributed by atoms with Gasteiger partial charge in [0.25, 0.3) is 0 Å². The summed E-state index contributed by atoms with van der Waals surface area (Å²) in [7, 11) is 1.72. The van der Waals surface area contributed by atoms with Crippen LogP contribution in [0.1, 0.15) is 29.2 Å². The smallest absolute Gasteiger partial charge is 0.126 e. The van der Waals surface area contributed by atoms with Crippen molar-refractivity contribution >= 4 is 11.8 Å². The number of hydrogen-bond acceptors (Lipinski definition) is 4. The fourth-order valence-electron chi connectivity index (χ4n) is 1.92. The van der Waals surface area contributed by atoms with Crippen molar-refractivity contribution in [2.24, 2.45) is 5.84 Å². The van der Waals surface area contributed by atoms with E-state index in [-0.39, 0.29) is 6.04 Å². The molecule has 3 nitrogen and oxygen atoms in total. The second kappa shape index (κ2) is 6.89. The lowest BCUT2D eigenvalue weighted by Gasteiger charge is -2.21. The van der Waals surface area contributed by atoms with E-state index >= 15 is 0 Å². The summed E-state index contributed by atoms with van der Waals surface area (Å²) >= 11 is 1.82. The molecule has 3 N–H and O–H groups in total. The Morgan fingerprint density at radius 2 is 2.12 bits per heavy atom. The van der Waals surface area contributed by atoms with E-state index in [2.05, 4.69) is 37.7 Å². The van der Waals surface area contributed by atoms with Gasteiger partial charge >= 0.3 is 0 Å². The molecule has 1 rings (SSSR count). The number of rotatable bonds is 6. The summed E-state index contributed by atoms with van der Waals surface area (Å²) in [6.07, 6.45) is 3.10. The molecule has 4 heteroatoms. The summed E-state index contributed by atoms with van der Waals surface area (Å²) < 4.78 is 5.52. The molecule has 0 aliphatic carbocycles. The van der Waals surface area contributed by atoms with Gasteiger partial charge in [0.2, 0.25) is 0 Å². The van der Waals surface area contributed by atoms with Crippen molar-refractivity contribution in [2.45, 2.75) is 26.3 Å². The van der Waals surface area contributed by atoms with Crippen LogP contribution in [0.3, 0.4) is 0 Å². The SMILES string of the molecule is COc1c(C(CCSC)NN)ccc(C)c1C. The monoisotopic (exact) mass is 254 g/mol. The maximum absolute atomic E-state index is 5.64. The Balaban J connectivity index is 3.06. The molecule has 0 heterocycles. The highest BCUT2D eigenvalue weighted by atomic mass is 32.2. The van der Waals surface area contributed by atoms with Gasteiger partial charge in [0, 0.05) is 5.56 Å². The number of benzene rings is 1. The number of hydrogen-bond donors (Lipinski definition) is 2. The van der Waals surface area contributed by atoms with Crippen LogP contribution in [0, 0.1) is 13.8 Å². The highest BCUT2D eigenvalue weighted by Gasteiger charge is 2.16. The summed E-state index contributed by atoms with van der Waals surface area (Å²) in [5.41, 5.74) is 6.46. The van der Waals surface area contributed by atoms with E-state index < -0.39 is 0 Å². The lowest BCUT2D eigenvalue weighted by atomic mass is 9.98. The van der Waals surface area contributed by atoms with Crippen LogP contribution in [0.4, 0.5) is 0 Å². The number of methoxy groups -OCH3 is 1. The second-order valence-electron chi connectivity index (χ2n) is 4.13. The predicted molar refractivity (Wildman–Crippen MR) is 75.5 cm³/mol. The Morgan fingerprint density at radius 3 is 2.65 bits per heavy atom. The number of hydrazine groups is 1. The Hall–Kier alpha value is -0.710. The minimum absolute atomic E-state index is 0.150. The summed E-state index contributed by atoms with van der Waals surface area (Å²) in [5, 5.41) is 0. The number of aryl methyl sites for hydroxylation is 1. The van der Waals surface area contributed by atoms with Crippen molar-refractivity contribution in [3.63, 3.8) is 0 Å². The van der Waals surface area contributed by atoms with Gasteiger partial charge < -0.3 is 4.74 Å². The largest absolute Gasteiger partial charge is 0.496 e. The Labute approximate surface area is 108 Å². The highest BCUT2D eigenvalue weighted by molar-refractivity contribution is 7.98. The molecular formula is C13H22N2OS. The van der Waals surface area contributed by atoms with Crippen molar-refractivity contribution in [3.8, 4) is 5.75 Å². The number of ether oxygens (including phenoxy) is 1. The second-order valence-corrected chi connectivity index (χ2v) is 5.12. The number of nitrogens with one attached hydrogen (secondary N) is 1. The van der Waals surface area contributed by atoms with Gasteiger partial charge in [-0.2, -0.15) is 11.8 Å². The predicted octanol–water partition coefficient (Wildman–Crippen LogP) is 2.57. The molecule has 17 heavy (non-hydrogen) atoms. The summed E-state index contributed by atoms with van der Waals surface area (Å²) in [4.78, 5) is 0. The lowest BCUT2D eigenvalue weighted by molar-refractivity contribution is 0.395. The number of thioether (sulfide) groups is 1. The van der Waals surface area contributed by atoms with Crippen molar-refractivity contribution in [2.75, 3.05) is 19.1 Å². The summed E-state index contributed by atoms with van der Waals surface area (Å²) in [6, 6.07) is 4.37. The van der Waals surface area contributed by atoms with Gasteiger partial charge in [0.05, 0.1) is 13.2 Å². The Bertz CT molecular complexity index is 369. The molecule has 1 aromatic carbocycles. The maximum Gasteiger partial charge on any atom is 0.126 e. The van der Waals surface area contributed by atoms with Crippen molar-refractivity contribution < 1.29 is 4.74 Å². The molecule has 0 spiro atoms. The van der Waals surface area contributed by atoms with E-state index in [0.29, 0.717) is 0 Å². The van der Waals surface area contributed by atoms with Gasteiger partial charge in [0.15, 0.2) is 0 Å². The van der Waals surface area contributed by atoms with Crippen LogP contribution in [0.2, 0.25) is 0 Å². The maximum atomic E-state index is 5.64. The third-order valence-electron chi connectivity index (χ3n) is 3.10. The standard InChI is InChI=1S/C13H22N2OS/c1-9-5-6-11(13(16-3)10(9)2)12(15-14)7-8-17-4/h5-6,12,15H,7-8,14H2,1-4H3. The molecule has 0 saturated heterocycles. The first-order valence-corrected chi connectivity index (χ1v) is 7.14. The molecule has 0 bridgehead atoms. The van der Waals surface area contributed by atoms with Crippen LogP contribution in [-0.2, 0) is 0 Å². The van der Waals surface area contributed by atoms with Crippen LogP contribution in [0.15, 0.2) is 12.1 Å². The zero-order chi connectivity index (χ0) is 12.8. The Kier molecular flexibility index (Phi) is 5.82. The molecule has 1 unspecified atom stereocenters. The molecule has 96 valence electrons. The number of nitrogens with two attached hydrogens (primary N) is 1. The fourth-order valence-corrected chi connectivity index (χ4v) is 2.39. The molecule has 0 aliphatic heterocycles. The lowest BCUT2D eigenvalue weighted by Crippen LogP contribution is -2.29. The first kappa shape index (κ1) is 14.4. The van der Waals surface area contributed by atoms with Gasteiger partial charge in [-0.3, -0.25) is 11.3 Å². The first-order valence-electron chi connectivity index (χ1n) is 5.74. The first-order chi connectivity index (χ1) is 8.15. The molecular weight excluding hydrogens is 232 g/mol. The van der Waals surface area contributed by atoms with Crippen LogP contribution in [0.5, 0.6) is 5.75 Å². The molecule has 0 radical (unpaired) electrons. The van der Waals surface area contributed by atoms with E-state index in [1.165, 1.54) is 11.1 Å².